The van der Waals surface area contributed by atoms with Gasteiger partial charge < -0.3 is 15.4 Å². The lowest BCUT2D eigenvalue weighted by Gasteiger charge is -2.30. The molecule has 9 heteroatoms. The molecular weight excluding hydrogens is 495 g/mol. The number of hydrogen-bond acceptors (Lipinski definition) is 4. The first kappa shape index (κ1) is 25.2. The van der Waals surface area contributed by atoms with Crippen LogP contribution in [0.3, 0.4) is 0 Å². The first-order chi connectivity index (χ1) is 14.2. The van der Waals surface area contributed by atoms with Crippen molar-refractivity contribution in [1.82, 2.24) is 25.0 Å². The van der Waals surface area contributed by atoms with E-state index in [0.29, 0.717) is 12.0 Å². The number of aliphatic imine (C=N–C) groups is 1. The highest BCUT2D eigenvalue weighted by Gasteiger charge is 2.33. The topological polar surface area (TPSA) is 85.5 Å². The lowest BCUT2D eigenvalue weighted by atomic mass is 9.83. The average Bonchev–Trinajstić information content (AvgIpc) is 3.33. The Morgan fingerprint density at radius 2 is 2.03 bits per heavy atom. The van der Waals surface area contributed by atoms with Crippen molar-refractivity contribution in [3.05, 3.63) is 16.3 Å². The zero-order valence-corrected chi connectivity index (χ0v) is 21.0. The van der Waals surface area contributed by atoms with Crippen molar-refractivity contribution in [2.75, 3.05) is 33.4 Å². The van der Waals surface area contributed by atoms with Crippen molar-refractivity contribution in [2.45, 2.75) is 77.8 Å². The molecule has 1 aliphatic heterocycles. The highest BCUT2D eigenvalue weighted by atomic mass is 127. The molecule has 1 fully saturated rings. The average molecular weight is 534 g/mol. The van der Waals surface area contributed by atoms with Crippen molar-refractivity contribution in [3.63, 3.8) is 0 Å². The summed E-state index contributed by atoms with van der Waals surface area (Å²) in [6, 6.07) is 0. The van der Waals surface area contributed by atoms with E-state index in [1.165, 1.54) is 25.7 Å². The molecule has 0 aromatic carbocycles. The summed E-state index contributed by atoms with van der Waals surface area (Å²) in [6.07, 6.45) is 10.2. The van der Waals surface area contributed by atoms with Crippen LogP contribution in [0.5, 0.6) is 0 Å². The van der Waals surface area contributed by atoms with E-state index in [4.69, 9.17) is 4.74 Å². The third-order valence-electron chi connectivity index (χ3n) is 6.37. The highest BCUT2D eigenvalue weighted by Crippen LogP contribution is 2.40. The Kier molecular flexibility index (Phi) is 10.6. The van der Waals surface area contributed by atoms with Gasteiger partial charge in [0.15, 0.2) is 5.96 Å². The summed E-state index contributed by atoms with van der Waals surface area (Å²) in [5.41, 5.74) is 0.370. The normalized spacial score (nSPS) is 18.0. The van der Waals surface area contributed by atoms with Crippen LogP contribution in [0.25, 0.3) is 0 Å². The Bertz CT molecular complexity index is 724. The van der Waals surface area contributed by atoms with Crippen LogP contribution in [-0.4, -0.2) is 53.7 Å². The number of aryl methyl sites for hydroxylation is 2. The van der Waals surface area contributed by atoms with Crippen LogP contribution in [-0.2, 0) is 24.2 Å². The zero-order valence-electron chi connectivity index (χ0n) is 18.6. The first-order valence-corrected chi connectivity index (χ1v) is 11.4. The molecule has 2 N–H and O–H groups in total. The number of hydrogen-bond donors (Lipinski definition) is 2. The molecule has 0 bridgehead atoms. The van der Waals surface area contributed by atoms with Gasteiger partial charge in [-0.1, -0.05) is 12.8 Å². The molecule has 8 nitrogen and oxygen atoms in total. The minimum atomic E-state index is 0. The summed E-state index contributed by atoms with van der Waals surface area (Å²) < 4.78 is 9.06. The van der Waals surface area contributed by atoms with E-state index in [-0.39, 0.29) is 29.7 Å². The van der Waals surface area contributed by atoms with Crippen LogP contribution in [0.4, 0.5) is 0 Å². The highest BCUT2D eigenvalue weighted by molar-refractivity contribution is 14.0. The molecule has 3 rings (SSSR count). The van der Waals surface area contributed by atoms with Gasteiger partial charge in [-0.15, -0.1) is 24.0 Å². The number of halogens is 1. The number of nitrogens with one attached hydrogen (secondary N) is 2. The molecule has 0 unspecified atom stereocenters. The van der Waals surface area contributed by atoms with E-state index in [0.717, 1.165) is 76.7 Å². The quantitative estimate of drug-likeness (QED) is 0.209. The van der Waals surface area contributed by atoms with Gasteiger partial charge in [0.1, 0.15) is 5.82 Å². The predicted octanol–water partition coefficient (Wildman–Crippen LogP) is 2.54. The fourth-order valence-electron chi connectivity index (χ4n) is 4.59. The van der Waals surface area contributed by atoms with E-state index >= 15 is 0 Å². The van der Waals surface area contributed by atoms with Gasteiger partial charge in [0.2, 0.25) is 0 Å². The van der Waals surface area contributed by atoms with E-state index in [1.807, 2.05) is 11.6 Å². The molecule has 1 aromatic heterocycles. The maximum absolute atomic E-state index is 12.4. The Hall–Kier alpha value is -1.10. The van der Waals surface area contributed by atoms with Crippen LogP contribution in [0.1, 0.15) is 64.1 Å². The van der Waals surface area contributed by atoms with E-state index < -0.39 is 0 Å². The second-order valence-electron chi connectivity index (χ2n) is 8.39. The molecule has 1 aromatic rings. The maximum atomic E-state index is 12.4. The van der Waals surface area contributed by atoms with Gasteiger partial charge in [0.25, 0.3) is 0 Å². The van der Waals surface area contributed by atoms with E-state index in [1.54, 1.807) is 4.68 Å². The van der Waals surface area contributed by atoms with Gasteiger partial charge in [-0.05, 0) is 50.9 Å². The van der Waals surface area contributed by atoms with Crippen molar-refractivity contribution in [3.8, 4) is 0 Å². The lowest BCUT2D eigenvalue weighted by Crippen LogP contribution is -2.43. The zero-order chi connectivity index (χ0) is 20.5. The number of aromatic nitrogens is 3. The summed E-state index contributed by atoms with van der Waals surface area (Å²) in [7, 11) is 1.81. The van der Waals surface area contributed by atoms with Gasteiger partial charge in [0.05, 0.1) is 0 Å². The number of guanidine groups is 1. The second-order valence-corrected chi connectivity index (χ2v) is 8.39. The Labute approximate surface area is 197 Å². The van der Waals surface area contributed by atoms with Crippen LogP contribution in [0.15, 0.2) is 9.79 Å². The number of rotatable bonds is 10. The molecule has 172 valence electrons. The molecule has 2 aliphatic rings. The smallest absolute Gasteiger partial charge is 0.345 e. The van der Waals surface area contributed by atoms with Gasteiger partial charge in [-0.3, -0.25) is 9.56 Å². The van der Waals surface area contributed by atoms with Crippen molar-refractivity contribution in [1.29, 1.82) is 0 Å². The monoisotopic (exact) mass is 534 g/mol. The summed E-state index contributed by atoms with van der Waals surface area (Å²) in [5, 5.41) is 11.4. The molecule has 0 radical (unpaired) electrons. The van der Waals surface area contributed by atoms with E-state index in [2.05, 4.69) is 27.6 Å². The molecule has 0 spiro atoms. The van der Waals surface area contributed by atoms with Crippen LogP contribution < -0.4 is 16.3 Å². The fourth-order valence-corrected chi connectivity index (χ4v) is 4.59. The summed E-state index contributed by atoms with van der Waals surface area (Å²) in [6.45, 7) is 6.84. The largest absolute Gasteiger partial charge is 0.382 e. The third kappa shape index (κ3) is 6.70. The minimum Gasteiger partial charge on any atom is -0.382 e. The van der Waals surface area contributed by atoms with Crippen LogP contribution >= 0.6 is 24.0 Å². The Morgan fingerprint density at radius 1 is 1.23 bits per heavy atom. The molecule has 1 aliphatic carbocycles. The summed E-state index contributed by atoms with van der Waals surface area (Å²) in [4.78, 5) is 16.8. The molecule has 0 amide bonds. The number of nitrogens with zero attached hydrogens (tertiary/aromatic N) is 4. The van der Waals surface area contributed by atoms with Gasteiger partial charge in [-0.25, -0.2) is 9.48 Å². The SMILES string of the molecule is CCOCCC1(CNC(=NC)NCCCn2nc3n(c2=O)CCCC3)CCCC1.I. The summed E-state index contributed by atoms with van der Waals surface area (Å²) >= 11 is 0. The van der Waals surface area contributed by atoms with Crippen molar-refractivity contribution >= 4 is 29.9 Å². The maximum Gasteiger partial charge on any atom is 0.345 e. The first-order valence-electron chi connectivity index (χ1n) is 11.4. The molecule has 0 atom stereocenters. The molecular formula is C21H39IN6O2. The van der Waals surface area contributed by atoms with Gasteiger partial charge in [-0.2, -0.15) is 5.10 Å². The number of fused-ring (bicyclic) bond motifs is 1. The Morgan fingerprint density at radius 3 is 2.73 bits per heavy atom. The number of ether oxygens (including phenoxy) is 1. The Balaban J connectivity index is 0.00000320. The third-order valence-corrected chi connectivity index (χ3v) is 6.37. The van der Waals surface area contributed by atoms with Crippen molar-refractivity contribution < 1.29 is 4.74 Å². The van der Waals surface area contributed by atoms with Crippen molar-refractivity contribution in [2.24, 2.45) is 10.4 Å². The predicted molar refractivity (Wildman–Crippen MR) is 131 cm³/mol. The molecule has 0 saturated heterocycles. The van der Waals surface area contributed by atoms with E-state index in [9.17, 15) is 4.79 Å². The minimum absolute atomic E-state index is 0. The molecule has 30 heavy (non-hydrogen) atoms. The van der Waals surface area contributed by atoms with Gasteiger partial charge >= 0.3 is 5.69 Å². The standard InChI is InChI=1S/C21H38N6O2.HI/c1-3-29-16-12-21(10-5-6-11-21)17-24-19(22-2)23-13-8-15-27-20(28)26-14-7-4-9-18(26)25-27;/h3-17H2,1-2H3,(H2,22,23,24);1H. The fraction of sp³-hybridized carbons (Fsp3) is 0.857. The lowest BCUT2D eigenvalue weighted by molar-refractivity contribution is 0.105. The second kappa shape index (κ2) is 12.7. The van der Waals surface area contributed by atoms with Crippen LogP contribution in [0.2, 0.25) is 0 Å². The summed E-state index contributed by atoms with van der Waals surface area (Å²) in [5.74, 6) is 1.78. The molecule has 1 saturated carbocycles. The van der Waals surface area contributed by atoms with Gasteiger partial charge in [0, 0.05) is 52.9 Å². The van der Waals surface area contributed by atoms with Crippen LogP contribution in [0, 0.1) is 5.41 Å². The molecule has 2 heterocycles.